The highest BCUT2D eigenvalue weighted by Gasteiger charge is 2.32. The minimum Gasteiger partial charge on any atom is -0.290 e. The number of carbonyl (C=O) groups excluding carboxylic acids is 2. The predicted octanol–water partition coefficient (Wildman–Crippen LogP) is 0.856. The Morgan fingerprint density at radius 1 is 1.08 bits per heavy atom. The number of nitrogens with zero attached hydrogens (tertiary/aromatic N) is 2. The number of hydrazine groups is 1. The fourth-order valence-electron chi connectivity index (χ4n) is 2.54. The normalized spacial score (nSPS) is 17.5. The maximum atomic E-state index is 12.7. The molecule has 1 fully saturated rings. The Morgan fingerprint density at radius 3 is 2.23 bits per heavy atom. The molecular weight excluding hydrogens is 403 g/mol. The van der Waals surface area contributed by atoms with Gasteiger partial charge < -0.3 is 0 Å². The monoisotopic (exact) mass is 422 g/mol. The molecule has 1 saturated heterocycles. The van der Waals surface area contributed by atoms with Crippen LogP contribution in [0.2, 0.25) is 10.0 Å². The number of hydrogen-bond acceptors (Lipinski definition) is 5. The summed E-state index contributed by atoms with van der Waals surface area (Å²) in [7, 11) is -3.69. The molecule has 8 nitrogen and oxygen atoms in total. The molecule has 0 saturated carbocycles. The molecule has 0 aromatic heterocycles. The van der Waals surface area contributed by atoms with E-state index in [4.69, 9.17) is 23.2 Å². The van der Waals surface area contributed by atoms with Gasteiger partial charge in [-0.25, -0.2) is 8.42 Å². The summed E-state index contributed by atoms with van der Waals surface area (Å²) in [4.78, 5) is 24.8. The van der Waals surface area contributed by atoms with Gasteiger partial charge in [-0.2, -0.15) is 4.31 Å². The number of benzene rings is 1. The second-order valence-corrected chi connectivity index (χ2v) is 8.61. The lowest BCUT2D eigenvalue weighted by Crippen LogP contribution is -2.56. The van der Waals surface area contributed by atoms with E-state index in [0.717, 1.165) is 0 Å². The highest BCUT2D eigenvalue weighted by molar-refractivity contribution is 7.89. The van der Waals surface area contributed by atoms with Crippen molar-refractivity contribution in [2.45, 2.75) is 24.8 Å². The number of hydrogen-bond donors (Lipinski definition) is 2. The van der Waals surface area contributed by atoms with Crippen LogP contribution in [-0.4, -0.2) is 61.7 Å². The zero-order chi connectivity index (χ0) is 19.5. The van der Waals surface area contributed by atoms with E-state index in [0.29, 0.717) is 13.1 Å². The average molecular weight is 423 g/mol. The average Bonchev–Trinajstić information content (AvgIpc) is 2.61. The molecular formula is C15H20Cl2N4O4S. The van der Waals surface area contributed by atoms with Crippen molar-refractivity contribution in [1.29, 1.82) is 0 Å². The highest BCUT2D eigenvalue weighted by atomic mass is 35.5. The summed E-state index contributed by atoms with van der Waals surface area (Å²) in [5, 5.41) is 0.462. The smallest absolute Gasteiger partial charge is 0.255 e. The summed E-state index contributed by atoms with van der Waals surface area (Å²) in [6.45, 7) is 4.23. The standard InChI is InChI=1S/C15H20Cl2N4O4S/c1-10(15(23)19-18-11(2)22)20-5-7-21(8-6-20)26(24,25)12-3-4-13(16)14(17)9-12/h3-4,9-10H,5-8H2,1-2H3,(H,18,22)(H,19,23). The number of piperazine rings is 1. The van der Waals surface area contributed by atoms with Crippen molar-refractivity contribution in [3.63, 3.8) is 0 Å². The van der Waals surface area contributed by atoms with Gasteiger partial charge in [0.05, 0.1) is 21.0 Å². The first-order valence-electron chi connectivity index (χ1n) is 7.88. The fourth-order valence-corrected chi connectivity index (χ4v) is 4.35. The van der Waals surface area contributed by atoms with Gasteiger partial charge in [0.15, 0.2) is 0 Å². The van der Waals surface area contributed by atoms with Gasteiger partial charge >= 0.3 is 0 Å². The lowest BCUT2D eigenvalue weighted by Gasteiger charge is -2.36. The van der Waals surface area contributed by atoms with Gasteiger partial charge in [-0.05, 0) is 25.1 Å². The third-order valence-corrected chi connectivity index (χ3v) is 6.72. The molecule has 1 unspecified atom stereocenters. The molecule has 0 spiro atoms. The molecule has 26 heavy (non-hydrogen) atoms. The van der Waals surface area contributed by atoms with Crippen molar-refractivity contribution < 1.29 is 18.0 Å². The van der Waals surface area contributed by atoms with Gasteiger partial charge in [0.1, 0.15) is 0 Å². The van der Waals surface area contributed by atoms with E-state index < -0.39 is 16.1 Å². The van der Waals surface area contributed by atoms with Crippen LogP contribution in [0.3, 0.4) is 0 Å². The number of sulfonamides is 1. The van der Waals surface area contributed by atoms with Gasteiger partial charge in [-0.3, -0.25) is 25.3 Å². The van der Waals surface area contributed by atoms with Crippen molar-refractivity contribution in [3.8, 4) is 0 Å². The first kappa shape index (κ1) is 20.9. The summed E-state index contributed by atoms with van der Waals surface area (Å²) < 4.78 is 26.8. The van der Waals surface area contributed by atoms with Crippen molar-refractivity contribution >= 4 is 45.0 Å². The third-order valence-electron chi connectivity index (χ3n) is 4.09. The van der Waals surface area contributed by atoms with Crippen LogP contribution in [0.4, 0.5) is 0 Å². The van der Waals surface area contributed by atoms with Crippen molar-refractivity contribution in [2.75, 3.05) is 26.2 Å². The quantitative estimate of drug-likeness (QED) is 0.700. The van der Waals surface area contributed by atoms with Crippen LogP contribution in [-0.2, 0) is 19.6 Å². The Morgan fingerprint density at radius 2 is 1.69 bits per heavy atom. The number of rotatable bonds is 4. The Labute approximate surface area is 162 Å². The first-order chi connectivity index (χ1) is 12.1. The van der Waals surface area contributed by atoms with E-state index in [-0.39, 0.29) is 39.8 Å². The SMILES string of the molecule is CC(=O)NNC(=O)C(C)N1CCN(S(=O)(=O)c2ccc(Cl)c(Cl)c2)CC1. The van der Waals surface area contributed by atoms with Crippen molar-refractivity contribution in [3.05, 3.63) is 28.2 Å². The molecule has 0 radical (unpaired) electrons. The lowest BCUT2D eigenvalue weighted by molar-refractivity contribution is -0.131. The molecule has 1 aromatic rings. The number of amides is 2. The molecule has 0 aliphatic carbocycles. The highest BCUT2D eigenvalue weighted by Crippen LogP contribution is 2.27. The van der Waals surface area contributed by atoms with Gasteiger partial charge in [-0.15, -0.1) is 0 Å². The maximum Gasteiger partial charge on any atom is 0.255 e. The molecule has 1 aliphatic heterocycles. The summed E-state index contributed by atoms with van der Waals surface area (Å²) in [6.07, 6.45) is 0. The van der Waals surface area contributed by atoms with E-state index in [2.05, 4.69) is 10.9 Å². The van der Waals surface area contributed by atoms with Gasteiger partial charge in [0.2, 0.25) is 15.9 Å². The largest absolute Gasteiger partial charge is 0.290 e. The van der Waals surface area contributed by atoms with E-state index in [1.807, 2.05) is 4.90 Å². The van der Waals surface area contributed by atoms with E-state index >= 15 is 0 Å². The zero-order valence-corrected chi connectivity index (χ0v) is 16.7. The molecule has 1 atom stereocenters. The first-order valence-corrected chi connectivity index (χ1v) is 10.1. The molecule has 1 aromatic carbocycles. The second-order valence-electron chi connectivity index (χ2n) is 5.86. The molecule has 144 valence electrons. The van der Waals surface area contributed by atoms with E-state index in [9.17, 15) is 18.0 Å². The molecule has 2 amide bonds. The van der Waals surface area contributed by atoms with Crippen LogP contribution >= 0.6 is 23.2 Å². The molecule has 2 N–H and O–H groups in total. The van der Waals surface area contributed by atoms with E-state index in [1.165, 1.54) is 29.4 Å². The van der Waals surface area contributed by atoms with Crippen LogP contribution in [0.25, 0.3) is 0 Å². The summed E-state index contributed by atoms with van der Waals surface area (Å²) >= 11 is 11.7. The summed E-state index contributed by atoms with van der Waals surface area (Å²) in [5.74, 6) is -0.732. The third kappa shape index (κ3) is 4.86. The fraction of sp³-hybridized carbons (Fsp3) is 0.467. The Bertz CT molecular complexity index is 795. The molecule has 1 aliphatic rings. The molecule has 11 heteroatoms. The van der Waals surface area contributed by atoms with E-state index in [1.54, 1.807) is 6.92 Å². The summed E-state index contributed by atoms with van der Waals surface area (Å²) in [6, 6.07) is 3.69. The molecule has 1 heterocycles. The minimum atomic E-state index is -3.69. The Hall–Kier alpha value is -1.39. The zero-order valence-electron chi connectivity index (χ0n) is 14.3. The number of halogens is 2. The van der Waals surface area contributed by atoms with Crippen LogP contribution in [0.5, 0.6) is 0 Å². The van der Waals surface area contributed by atoms with Crippen LogP contribution in [0.1, 0.15) is 13.8 Å². The minimum absolute atomic E-state index is 0.0804. The maximum absolute atomic E-state index is 12.7. The van der Waals surface area contributed by atoms with Crippen LogP contribution in [0, 0.1) is 0 Å². The van der Waals surface area contributed by atoms with Gasteiger partial charge in [0, 0.05) is 33.1 Å². The lowest BCUT2D eigenvalue weighted by atomic mass is 10.2. The number of nitrogens with one attached hydrogen (secondary N) is 2. The van der Waals surface area contributed by atoms with Gasteiger partial charge in [0.25, 0.3) is 5.91 Å². The Balaban J connectivity index is 1.99. The van der Waals surface area contributed by atoms with Gasteiger partial charge in [-0.1, -0.05) is 23.2 Å². The molecule has 0 bridgehead atoms. The van der Waals surface area contributed by atoms with Crippen molar-refractivity contribution in [2.24, 2.45) is 0 Å². The van der Waals surface area contributed by atoms with Crippen molar-refractivity contribution in [1.82, 2.24) is 20.1 Å². The van der Waals surface area contributed by atoms with Crippen LogP contribution in [0.15, 0.2) is 23.1 Å². The topological polar surface area (TPSA) is 98.8 Å². The Kier molecular flexibility index (Phi) is 6.86. The summed E-state index contributed by atoms with van der Waals surface area (Å²) in [5.41, 5.74) is 4.55. The predicted molar refractivity (Wildman–Crippen MR) is 98.2 cm³/mol. The number of carbonyl (C=O) groups is 2. The molecule has 2 rings (SSSR count). The second kappa shape index (κ2) is 8.53. The van der Waals surface area contributed by atoms with Crippen LogP contribution < -0.4 is 10.9 Å².